The number of aromatic nitrogens is 2. The Morgan fingerprint density at radius 3 is 2.83 bits per heavy atom. The van der Waals surface area contributed by atoms with E-state index in [9.17, 15) is 9.18 Å². The van der Waals surface area contributed by atoms with Crippen LogP contribution < -0.4 is 10.6 Å². The fourth-order valence-corrected chi connectivity index (χ4v) is 2.60. The Bertz CT molecular complexity index is 638. The maximum Gasteiger partial charge on any atom is 0.272 e. The average Bonchev–Trinajstić information content (AvgIpc) is 3.05. The van der Waals surface area contributed by atoms with Crippen LogP contribution in [0.1, 0.15) is 34.9 Å². The third-order valence-corrected chi connectivity index (χ3v) is 3.85. The standard InChI is InChI=1S/C16H19FN4O.ClH/c17-13-5-3-12(4-6-13)10-19-16(22)15-7-9-21(20-15)14-2-1-8-18-11-14;/h3-7,9,14,18H,1-2,8,10-11H2,(H,19,22);1H. The first kappa shape index (κ1) is 17.4. The Kier molecular flexibility index (Phi) is 6.12. The summed E-state index contributed by atoms with van der Waals surface area (Å²) in [5.74, 6) is -0.498. The molecule has 1 atom stereocenters. The van der Waals surface area contributed by atoms with Gasteiger partial charge in [0.25, 0.3) is 5.91 Å². The third-order valence-electron chi connectivity index (χ3n) is 3.85. The van der Waals surface area contributed by atoms with Gasteiger partial charge in [-0.05, 0) is 43.1 Å². The molecular formula is C16H20ClFN4O. The van der Waals surface area contributed by atoms with Crippen LogP contribution in [0.2, 0.25) is 0 Å². The zero-order valence-electron chi connectivity index (χ0n) is 12.7. The molecule has 1 amide bonds. The third kappa shape index (κ3) is 4.53. The number of amides is 1. The maximum atomic E-state index is 12.8. The van der Waals surface area contributed by atoms with Gasteiger partial charge in [0.2, 0.25) is 0 Å². The van der Waals surface area contributed by atoms with Gasteiger partial charge in [0, 0.05) is 19.3 Å². The molecule has 1 aliphatic rings. The minimum Gasteiger partial charge on any atom is -0.347 e. The second-order valence-electron chi connectivity index (χ2n) is 5.49. The Morgan fingerprint density at radius 2 is 2.13 bits per heavy atom. The van der Waals surface area contributed by atoms with Crippen molar-refractivity contribution >= 4 is 18.3 Å². The first-order chi connectivity index (χ1) is 10.7. The first-order valence-electron chi connectivity index (χ1n) is 7.51. The molecule has 2 N–H and O–H groups in total. The molecule has 0 aliphatic carbocycles. The van der Waals surface area contributed by atoms with Gasteiger partial charge in [0.05, 0.1) is 6.04 Å². The highest BCUT2D eigenvalue weighted by Crippen LogP contribution is 2.15. The molecule has 2 heterocycles. The number of hydrogen-bond acceptors (Lipinski definition) is 3. The Labute approximate surface area is 140 Å². The largest absolute Gasteiger partial charge is 0.347 e. The molecule has 1 aliphatic heterocycles. The molecule has 0 bridgehead atoms. The van der Waals surface area contributed by atoms with Crippen molar-refractivity contribution in [2.75, 3.05) is 13.1 Å². The van der Waals surface area contributed by atoms with Gasteiger partial charge in [-0.25, -0.2) is 4.39 Å². The van der Waals surface area contributed by atoms with Crippen LogP contribution in [0.5, 0.6) is 0 Å². The molecule has 124 valence electrons. The van der Waals surface area contributed by atoms with E-state index in [1.54, 1.807) is 18.2 Å². The van der Waals surface area contributed by atoms with E-state index < -0.39 is 0 Å². The van der Waals surface area contributed by atoms with Gasteiger partial charge >= 0.3 is 0 Å². The lowest BCUT2D eigenvalue weighted by Gasteiger charge is -2.22. The van der Waals surface area contributed by atoms with E-state index in [-0.39, 0.29) is 24.1 Å². The quantitative estimate of drug-likeness (QED) is 0.899. The number of piperidine rings is 1. The highest BCUT2D eigenvalue weighted by molar-refractivity contribution is 5.92. The molecule has 1 fully saturated rings. The van der Waals surface area contributed by atoms with Gasteiger partial charge in [-0.2, -0.15) is 5.10 Å². The fraction of sp³-hybridized carbons (Fsp3) is 0.375. The van der Waals surface area contributed by atoms with Crippen molar-refractivity contribution in [1.82, 2.24) is 20.4 Å². The molecule has 1 aromatic heterocycles. The Balaban J connectivity index is 0.00000192. The number of carbonyl (C=O) groups excluding carboxylic acids is 1. The molecule has 1 saturated heterocycles. The summed E-state index contributed by atoms with van der Waals surface area (Å²) in [6.07, 6.45) is 4.05. The average molecular weight is 339 g/mol. The fourth-order valence-electron chi connectivity index (χ4n) is 2.60. The Hall–Kier alpha value is -1.92. The molecule has 23 heavy (non-hydrogen) atoms. The Morgan fingerprint density at radius 1 is 1.35 bits per heavy atom. The van der Waals surface area contributed by atoms with Crippen LogP contribution in [-0.4, -0.2) is 28.8 Å². The first-order valence-corrected chi connectivity index (χ1v) is 7.51. The van der Waals surface area contributed by atoms with Gasteiger partial charge in [0.15, 0.2) is 0 Å². The van der Waals surface area contributed by atoms with E-state index in [0.717, 1.165) is 31.5 Å². The zero-order chi connectivity index (χ0) is 15.4. The minimum absolute atomic E-state index is 0. The second-order valence-corrected chi connectivity index (χ2v) is 5.49. The summed E-state index contributed by atoms with van der Waals surface area (Å²) < 4.78 is 14.7. The summed E-state index contributed by atoms with van der Waals surface area (Å²) in [4.78, 5) is 12.1. The van der Waals surface area contributed by atoms with Crippen molar-refractivity contribution in [1.29, 1.82) is 0 Å². The van der Waals surface area contributed by atoms with Crippen molar-refractivity contribution in [3.8, 4) is 0 Å². The van der Waals surface area contributed by atoms with Crippen LogP contribution in [0.4, 0.5) is 4.39 Å². The number of carbonyl (C=O) groups is 1. The number of rotatable bonds is 4. The summed E-state index contributed by atoms with van der Waals surface area (Å²) in [5.41, 5.74) is 1.26. The topological polar surface area (TPSA) is 59.0 Å². The van der Waals surface area contributed by atoms with Gasteiger partial charge < -0.3 is 10.6 Å². The molecule has 5 nitrogen and oxygen atoms in total. The number of nitrogens with one attached hydrogen (secondary N) is 2. The summed E-state index contributed by atoms with van der Waals surface area (Å²) in [6, 6.07) is 8.11. The predicted molar refractivity (Wildman–Crippen MR) is 88.2 cm³/mol. The van der Waals surface area contributed by atoms with Gasteiger partial charge in [-0.1, -0.05) is 12.1 Å². The minimum atomic E-state index is -0.282. The number of hydrogen-bond donors (Lipinski definition) is 2. The molecule has 1 aromatic carbocycles. The van der Waals surface area contributed by atoms with Crippen LogP contribution in [-0.2, 0) is 6.54 Å². The van der Waals surface area contributed by atoms with Crippen molar-refractivity contribution in [2.24, 2.45) is 0 Å². The number of benzene rings is 1. The van der Waals surface area contributed by atoms with Crippen molar-refractivity contribution in [3.63, 3.8) is 0 Å². The summed E-state index contributed by atoms with van der Waals surface area (Å²) in [5, 5.41) is 10.5. The van der Waals surface area contributed by atoms with Crippen molar-refractivity contribution < 1.29 is 9.18 Å². The monoisotopic (exact) mass is 338 g/mol. The number of nitrogens with zero attached hydrogens (tertiary/aromatic N) is 2. The molecule has 0 radical (unpaired) electrons. The summed E-state index contributed by atoms with van der Waals surface area (Å²) >= 11 is 0. The molecular weight excluding hydrogens is 319 g/mol. The molecule has 2 aromatic rings. The van der Waals surface area contributed by atoms with Crippen molar-refractivity contribution in [2.45, 2.75) is 25.4 Å². The summed E-state index contributed by atoms with van der Waals surface area (Å²) in [7, 11) is 0. The lowest BCUT2D eigenvalue weighted by Crippen LogP contribution is -2.32. The predicted octanol–water partition coefficient (Wildman–Crippen LogP) is 2.30. The lowest BCUT2D eigenvalue weighted by molar-refractivity contribution is 0.0944. The van der Waals surface area contributed by atoms with E-state index in [1.807, 2.05) is 10.9 Å². The van der Waals surface area contributed by atoms with Crippen LogP contribution in [0, 0.1) is 5.82 Å². The van der Waals surface area contributed by atoms with Crippen LogP contribution in [0.3, 0.4) is 0 Å². The van der Waals surface area contributed by atoms with E-state index in [4.69, 9.17) is 0 Å². The molecule has 1 unspecified atom stereocenters. The van der Waals surface area contributed by atoms with E-state index >= 15 is 0 Å². The molecule has 0 saturated carbocycles. The van der Waals surface area contributed by atoms with Crippen LogP contribution >= 0.6 is 12.4 Å². The molecule has 3 rings (SSSR count). The van der Waals surface area contributed by atoms with Gasteiger partial charge in [-0.15, -0.1) is 12.4 Å². The highest BCUT2D eigenvalue weighted by Gasteiger charge is 2.17. The maximum absolute atomic E-state index is 12.8. The lowest BCUT2D eigenvalue weighted by atomic mass is 10.1. The SMILES string of the molecule is Cl.O=C(NCc1ccc(F)cc1)c1ccn(C2CCCNC2)n1. The van der Waals surface area contributed by atoms with Crippen LogP contribution in [0.25, 0.3) is 0 Å². The van der Waals surface area contributed by atoms with Crippen molar-refractivity contribution in [3.05, 3.63) is 53.6 Å². The van der Waals surface area contributed by atoms with E-state index in [2.05, 4.69) is 15.7 Å². The van der Waals surface area contributed by atoms with E-state index in [0.29, 0.717) is 18.3 Å². The van der Waals surface area contributed by atoms with Crippen LogP contribution in [0.15, 0.2) is 36.5 Å². The summed E-state index contributed by atoms with van der Waals surface area (Å²) in [6.45, 7) is 2.29. The molecule has 7 heteroatoms. The van der Waals surface area contributed by atoms with Gasteiger partial charge in [-0.3, -0.25) is 9.48 Å². The van der Waals surface area contributed by atoms with E-state index in [1.165, 1.54) is 12.1 Å². The zero-order valence-corrected chi connectivity index (χ0v) is 13.5. The van der Waals surface area contributed by atoms with Gasteiger partial charge in [0.1, 0.15) is 11.5 Å². The normalized spacial score (nSPS) is 17.3. The molecule has 0 spiro atoms. The highest BCUT2D eigenvalue weighted by atomic mass is 35.5. The number of halogens is 2. The smallest absolute Gasteiger partial charge is 0.272 e. The second kappa shape index (κ2) is 8.08.